The van der Waals surface area contributed by atoms with Gasteiger partial charge in [-0.3, -0.25) is 14.9 Å². The topological polar surface area (TPSA) is 99.7 Å². The summed E-state index contributed by atoms with van der Waals surface area (Å²) in [4.78, 5) is 26.6. The lowest BCUT2D eigenvalue weighted by molar-refractivity contribution is -0.130. The Hall–Kier alpha value is -2.32. The molecule has 2 heterocycles. The van der Waals surface area contributed by atoms with E-state index in [9.17, 15) is 14.7 Å². The number of carbonyl (C=O) groups is 2. The number of benzene rings is 2. The molecule has 0 saturated carbocycles. The van der Waals surface area contributed by atoms with Gasteiger partial charge in [0.05, 0.1) is 24.8 Å². The van der Waals surface area contributed by atoms with E-state index in [1.54, 1.807) is 43.3 Å². The van der Waals surface area contributed by atoms with Crippen LogP contribution in [0.3, 0.4) is 0 Å². The molecule has 2 aromatic rings. The fourth-order valence-corrected chi connectivity index (χ4v) is 4.63. The van der Waals surface area contributed by atoms with E-state index in [0.717, 1.165) is 0 Å². The summed E-state index contributed by atoms with van der Waals surface area (Å²) < 4.78 is 5.31. The monoisotopic (exact) mass is 449 g/mol. The van der Waals surface area contributed by atoms with E-state index in [-0.39, 0.29) is 12.3 Å². The molecule has 0 aromatic heterocycles. The van der Waals surface area contributed by atoms with Gasteiger partial charge in [0.2, 0.25) is 11.8 Å². The number of methoxy groups -OCH3 is 1. The number of amides is 2. The summed E-state index contributed by atoms with van der Waals surface area (Å²) in [5.41, 5.74) is 0.218. The molecule has 2 amide bonds. The maximum Gasteiger partial charge on any atom is 0.250 e. The number of rotatable bonds is 4. The second kappa shape index (κ2) is 7.74. The summed E-state index contributed by atoms with van der Waals surface area (Å²) in [6.07, 6.45) is -0.511. The van der Waals surface area contributed by atoms with E-state index >= 15 is 0 Å². The highest BCUT2D eigenvalue weighted by Crippen LogP contribution is 2.48. The molecule has 2 aliphatic heterocycles. The van der Waals surface area contributed by atoms with Crippen LogP contribution in [0.2, 0.25) is 10.0 Å². The molecular formula is C21H21Cl2N3O4. The molecule has 1 spiro atoms. The number of nitrogens with one attached hydrogen (secondary N) is 3. The Labute approximate surface area is 183 Å². The van der Waals surface area contributed by atoms with Crippen LogP contribution in [0.4, 0.5) is 11.4 Å². The van der Waals surface area contributed by atoms with Gasteiger partial charge in [-0.2, -0.15) is 0 Å². The molecule has 4 N–H and O–H groups in total. The molecule has 0 aliphatic carbocycles. The van der Waals surface area contributed by atoms with Crippen molar-refractivity contribution in [2.75, 3.05) is 17.7 Å². The number of anilines is 2. The zero-order valence-electron chi connectivity index (χ0n) is 16.3. The Kier molecular flexibility index (Phi) is 5.40. The maximum atomic E-state index is 13.4. The first-order valence-corrected chi connectivity index (χ1v) is 10.2. The lowest BCUT2D eigenvalue weighted by Gasteiger charge is -2.29. The van der Waals surface area contributed by atoms with Crippen LogP contribution in [0.5, 0.6) is 5.75 Å². The Morgan fingerprint density at radius 1 is 1.27 bits per heavy atom. The minimum atomic E-state index is -1.35. The minimum absolute atomic E-state index is 0.256. The maximum absolute atomic E-state index is 13.4. The predicted octanol–water partition coefficient (Wildman–Crippen LogP) is 3.15. The van der Waals surface area contributed by atoms with Gasteiger partial charge < -0.3 is 20.5 Å². The Morgan fingerprint density at radius 2 is 1.97 bits per heavy atom. The van der Waals surface area contributed by atoms with Gasteiger partial charge in [-0.15, -0.1) is 0 Å². The van der Waals surface area contributed by atoms with Gasteiger partial charge in [-0.05, 0) is 49.7 Å². The van der Waals surface area contributed by atoms with Gasteiger partial charge in [0, 0.05) is 27.3 Å². The number of aliphatic hydroxyl groups is 1. The lowest BCUT2D eigenvalue weighted by atomic mass is 9.79. The molecule has 2 aliphatic rings. The zero-order valence-corrected chi connectivity index (χ0v) is 17.8. The van der Waals surface area contributed by atoms with Gasteiger partial charge in [-0.25, -0.2) is 0 Å². The second-order valence-electron chi connectivity index (χ2n) is 7.57. The molecule has 0 unspecified atom stereocenters. The first-order valence-electron chi connectivity index (χ1n) is 9.48. The Morgan fingerprint density at radius 3 is 2.67 bits per heavy atom. The van der Waals surface area contributed by atoms with Gasteiger partial charge in [0.1, 0.15) is 11.3 Å². The minimum Gasteiger partial charge on any atom is -0.495 e. The van der Waals surface area contributed by atoms with E-state index in [4.69, 9.17) is 27.9 Å². The fraction of sp³-hybridized carbons (Fsp3) is 0.333. The number of halogens is 2. The summed E-state index contributed by atoms with van der Waals surface area (Å²) >= 11 is 12.3. The molecular weight excluding hydrogens is 429 g/mol. The third-order valence-electron chi connectivity index (χ3n) is 5.76. The van der Waals surface area contributed by atoms with Crippen molar-refractivity contribution in [2.45, 2.75) is 31.0 Å². The van der Waals surface area contributed by atoms with Crippen molar-refractivity contribution < 1.29 is 19.4 Å². The van der Waals surface area contributed by atoms with E-state index in [1.165, 1.54) is 7.11 Å². The summed E-state index contributed by atoms with van der Waals surface area (Å²) in [7, 11) is 1.49. The molecule has 4 rings (SSSR count). The van der Waals surface area contributed by atoms with Crippen molar-refractivity contribution >= 4 is 46.4 Å². The van der Waals surface area contributed by atoms with Crippen molar-refractivity contribution in [2.24, 2.45) is 5.92 Å². The van der Waals surface area contributed by atoms with Crippen LogP contribution in [-0.2, 0) is 15.1 Å². The number of ether oxygens (including phenoxy) is 1. The van der Waals surface area contributed by atoms with E-state index in [1.807, 2.05) is 0 Å². The third kappa shape index (κ3) is 3.32. The van der Waals surface area contributed by atoms with Gasteiger partial charge in [-0.1, -0.05) is 23.2 Å². The first-order chi connectivity index (χ1) is 14.3. The number of fused-ring (bicyclic) bond motifs is 2. The van der Waals surface area contributed by atoms with Crippen molar-refractivity contribution in [3.05, 3.63) is 52.0 Å². The molecule has 4 atom stereocenters. The van der Waals surface area contributed by atoms with Gasteiger partial charge in [0.15, 0.2) is 0 Å². The summed E-state index contributed by atoms with van der Waals surface area (Å²) in [6, 6.07) is 9.48. The van der Waals surface area contributed by atoms with Crippen LogP contribution in [-0.4, -0.2) is 36.2 Å². The molecule has 0 bridgehead atoms. The molecule has 1 fully saturated rings. The van der Waals surface area contributed by atoms with Crippen molar-refractivity contribution in [3.8, 4) is 5.75 Å². The Bertz CT molecular complexity index is 1030. The molecule has 2 aromatic carbocycles. The van der Waals surface area contributed by atoms with Crippen LogP contribution in [0.15, 0.2) is 36.4 Å². The molecule has 0 radical (unpaired) electrons. The fourth-order valence-electron chi connectivity index (χ4n) is 4.29. The highest BCUT2D eigenvalue weighted by atomic mass is 35.5. The van der Waals surface area contributed by atoms with Crippen LogP contribution < -0.4 is 20.7 Å². The average molecular weight is 450 g/mol. The van der Waals surface area contributed by atoms with E-state index in [0.29, 0.717) is 32.7 Å². The van der Waals surface area contributed by atoms with Crippen LogP contribution in [0.25, 0.3) is 0 Å². The second-order valence-corrected chi connectivity index (χ2v) is 8.44. The highest BCUT2D eigenvalue weighted by Gasteiger charge is 2.60. The van der Waals surface area contributed by atoms with Gasteiger partial charge in [0.25, 0.3) is 0 Å². The molecule has 30 heavy (non-hydrogen) atoms. The smallest absolute Gasteiger partial charge is 0.250 e. The van der Waals surface area contributed by atoms with E-state index in [2.05, 4.69) is 16.0 Å². The molecule has 1 saturated heterocycles. The standard InChI is InChI=1S/C21H21Cl2N3O4/c1-10(27)16-9-14(19(28)24-17-8-12(23)4-6-18(17)30-2)21(26-16)13-7-11(22)3-5-15(13)25-20(21)29/h3-8,10,14,16,26-27H,9H2,1-2H3,(H,24,28)(H,25,29)/t10-,14-,16+,21+/m1/s1. The number of aliphatic hydroxyl groups excluding tert-OH is 1. The normalized spacial score (nSPS) is 25.7. The van der Waals surface area contributed by atoms with Crippen molar-refractivity contribution in [3.63, 3.8) is 0 Å². The van der Waals surface area contributed by atoms with Crippen LogP contribution >= 0.6 is 23.2 Å². The quantitative estimate of drug-likeness (QED) is 0.574. The lowest BCUT2D eigenvalue weighted by Crippen LogP contribution is -2.53. The van der Waals surface area contributed by atoms with Crippen LogP contribution in [0, 0.1) is 5.92 Å². The summed E-state index contributed by atoms with van der Waals surface area (Å²) in [6.45, 7) is 1.62. The molecule has 158 valence electrons. The zero-order chi connectivity index (χ0) is 21.6. The summed E-state index contributed by atoms with van der Waals surface area (Å²) in [5.74, 6) is -1.12. The third-order valence-corrected chi connectivity index (χ3v) is 6.23. The predicted molar refractivity (Wildman–Crippen MR) is 115 cm³/mol. The number of hydrogen-bond donors (Lipinski definition) is 4. The van der Waals surface area contributed by atoms with Crippen LogP contribution in [0.1, 0.15) is 18.9 Å². The number of hydrogen-bond acceptors (Lipinski definition) is 5. The average Bonchev–Trinajstić information content (AvgIpc) is 3.23. The SMILES string of the molecule is COc1ccc(Cl)cc1NC(=O)[C@H]1C[C@@H]([C@@H](C)O)N[C@]12C(=O)Nc1ccc(Cl)cc12. The highest BCUT2D eigenvalue weighted by molar-refractivity contribution is 6.31. The summed E-state index contributed by atoms with van der Waals surface area (Å²) in [5, 5.41) is 20.0. The molecule has 9 heteroatoms. The van der Waals surface area contributed by atoms with E-state index < -0.39 is 29.5 Å². The first kappa shape index (κ1) is 20.9. The Balaban J connectivity index is 1.76. The largest absolute Gasteiger partial charge is 0.495 e. The molecule has 7 nitrogen and oxygen atoms in total. The number of carbonyl (C=O) groups excluding carboxylic acids is 2. The van der Waals surface area contributed by atoms with Crippen molar-refractivity contribution in [1.82, 2.24) is 5.32 Å². The van der Waals surface area contributed by atoms with Crippen molar-refractivity contribution in [1.29, 1.82) is 0 Å². The van der Waals surface area contributed by atoms with Gasteiger partial charge >= 0.3 is 0 Å².